The van der Waals surface area contributed by atoms with Gasteiger partial charge in [-0.3, -0.25) is 10.1 Å². The lowest BCUT2D eigenvalue weighted by atomic mass is 10.1. The van der Waals surface area contributed by atoms with Gasteiger partial charge in [0.15, 0.2) is 0 Å². The van der Waals surface area contributed by atoms with Crippen LogP contribution in [-0.4, -0.2) is 4.92 Å². The van der Waals surface area contributed by atoms with Crippen LogP contribution in [0.3, 0.4) is 0 Å². The Morgan fingerprint density at radius 3 is 2.75 bits per heavy atom. The molecule has 0 amide bonds. The minimum Gasteiger partial charge on any atom is -0.258 e. The van der Waals surface area contributed by atoms with Crippen molar-refractivity contribution in [1.29, 1.82) is 0 Å². The van der Waals surface area contributed by atoms with Crippen LogP contribution in [0.1, 0.15) is 11.1 Å². The van der Waals surface area contributed by atoms with E-state index in [2.05, 4.69) is 6.58 Å². The molecule has 0 saturated heterocycles. The molecule has 0 bridgehead atoms. The number of hydrogen-bond donors (Lipinski definition) is 0. The second-order valence-corrected chi connectivity index (χ2v) is 2.52. The molecule has 0 radical (unpaired) electrons. The Morgan fingerprint density at radius 2 is 2.25 bits per heavy atom. The van der Waals surface area contributed by atoms with E-state index in [4.69, 9.17) is 0 Å². The highest BCUT2D eigenvalue weighted by atomic mass is 16.6. The smallest absolute Gasteiger partial charge is 0.258 e. The van der Waals surface area contributed by atoms with Gasteiger partial charge in [-0.15, -0.1) is 0 Å². The second-order valence-electron chi connectivity index (χ2n) is 2.52. The van der Waals surface area contributed by atoms with E-state index in [-0.39, 0.29) is 5.69 Å². The lowest BCUT2D eigenvalue weighted by Gasteiger charge is -1.97. The number of hydrogen-bond acceptors (Lipinski definition) is 2. The van der Waals surface area contributed by atoms with Crippen LogP contribution < -0.4 is 0 Å². The van der Waals surface area contributed by atoms with Crippen LogP contribution in [0, 0.1) is 17.0 Å². The maximum atomic E-state index is 10.5. The molecular formula is C9H9NO2. The average Bonchev–Trinajstić information content (AvgIpc) is 2.04. The van der Waals surface area contributed by atoms with E-state index < -0.39 is 4.92 Å². The summed E-state index contributed by atoms with van der Waals surface area (Å²) in [6, 6.07) is 5.06. The van der Waals surface area contributed by atoms with Gasteiger partial charge in [0.05, 0.1) is 10.5 Å². The SMILES string of the molecule is C=Cc1ccc(C)cc1[N+](=O)[O-]. The molecule has 0 N–H and O–H groups in total. The normalized spacial score (nSPS) is 9.42. The van der Waals surface area contributed by atoms with Gasteiger partial charge in [0.25, 0.3) is 5.69 Å². The minimum absolute atomic E-state index is 0.116. The number of nitro groups is 1. The van der Waals surface area contributed by atoms with Crippen molar-refractivity contribution < 1.29 is 4.92 Å². The summed E-state index contributed by atoms with van der Waals surface area (Å²) >= 11 is 0. The molecule has 12 heavy (non-hydrogen) atoms. The van der Waals surface area contributed by atoms with Gasteiger partial charge >= 0.3 is 0 Å². The number of nitrogens with zero attached hydrogens (tertiary/aromatic N) is 1. The van der Waals surface area contributed by atoms with Gasteiger partial charge in [-0.25, -0.2) is 0 Å². The van der Waals surface area contributed by atoms with E-state index in [0.29, 0.717) is 5.56 Å². The molecule has 0 aliphatic rings. The summed E-state index contributed by atoms with van der Waals surface area (Å²) in [5, 5.41) is 10.5. The summed E-state index contributed by atoms with van der Waals surface area (Å²) in [5.74, 6) is 0. The van der Waals surface area contributed by atoms with Crippen molar-refractivity contribution in [2.75, 3.05) is 0 Å². The maximum absolute atomic E-state index is 10.5. The van der Waals surface area contributed by atoms with Gasteiger partial charge < -0.3 is 0 Å². The molecule has 0 spiro atoms. The molecule has 1 rings (SSSR count). The summed E-state index contributed by atoms with van der Waals surface area (Å²) in [5.41, 5.74) is 1.56. The third-order valence-corrected chi connectivity index (χ3v) is 1.60. The predicted octanol–water partition coefficient (Wildman–Crippen LogP) is 2.55. The van der Waals surface area contributed by atoms with E-state index >= 15 is 0 Å². The van der Waals surface area contributed by atoms with Crippen LogP contribution in [0.4, 0.5) is 5.69 Å². The number of aryl methyl sites for hydroxylation is 1. The molecule has 0 fully saturated rings. The van der Waals surface area contributed by atoms with Crippen LogP contribution >= 0.6 is 0 Å². The van der Waals surface area contributed by atoms with Gasteiger partial charge in [0.1, 0.15) is 0 Å². The molecule has 0 aromatic heterocycles. The molecule has 0 aliphatic carbocycles. The maximum Gasteiger partial charge on any atom is 0.276 e. The first kappa shape index (κ1) is 8.46. The Bertz CT molecular complexity index is 331. The molecule has 3 heteroatoms. The summed E-state index contributed by atoms with van der Waals surface area (Å²) in [7, 11) is 0. The summed E-state index contributed by atoms with van der Waals surface area (Å²) in [4.78, 5) is 10.1. The van der Waals surface area contributed by atoms with Crippen LogP contribution in [0.25, 0.3) is 6.08 Å². The number of nitro benzene ring substituents is 1. The van der Waals surface area contributed by atoms with Crippen LogP contribution in [0.2, 0.25) is 0 Å². The van der Waals surface area contributed by atoms with Crippen molar-refractivity contribution in [3.05, 3.63) is 46.0 Å². The lowest BCUT2D eigenvalue weighted by molar-refractivity contribution is -0.385. The quantitative estimate of drug-likeness (QED) is 0.496. The number of benzene rings is 1. The van der Waals surface area contributed by atoms with Crippen LogP contribution in [0.15, 0.2) is 24.8 Å². The Balaban J connectivity index is 3.30. The van der Waals surface area contributed by atoms with E-state index in [1.165, 1.54) is 12.1 Å². The Morgan fingerprint density at radius 1 is 1.58 bits per heavy atom. The molecule has 1 aromatic rings. The van der Waals surface area contributed by atoms with Crippen molar-refractivity contribution in [3.63, 3.8) is 0 Å². The van der Waals surface area contributed by atoms with Gasteiger partial charge in [0, 0.05) is 6.07 Å². The van der Waals surface area contributed by atoms with E-state index in [1.807, 2.05) is 13.0 Å². The third-order valence-electron chi connectivity index (χ3n) is 1.60. The molecular weight excluding hydrogens is 154 g/mol. The highest BCUT2D eigenvalue weighted by Crippen LogP contribution is 2.20. The summed E-state index contributed by atoms with van der Waals surface area (Å²) in [6.45, 7) is 5.32. The van der Waals surface area contributed by atoms with E-state index in [1.54, 1.807) is 6.07 Å². The fourth-order valence-corrected chi connectivity index (χ4v) is 0.984. The Kier molecular flexibility index (Phi) is 2.24. The number of rotatable bonds is 2. The topological polar surface area (TPSA) is 43.1 Å². The first-order valence-electron chi connectivity index (χ1n) is 3.52. The van der Waals surface area contributed by atoms with Gasteiger partial charge in [-0.2, -0.15) is 0 Å². The molecule has 0 aliphatic heterocycles. The lowest BCUT2D eigenvalue weighted by Crippen LogP contribution is -1.91. The molecule has 3 nitrogen and oxygen atoms in total. The highest BCUT2D eigenvalue weighted by Gasteiger charge is 2.09. The standard InChI is InChI=1S/C9H9NO2/c1-3-8-5-4-7(2)6-9(8)10(11)12/h3-6H,1H2,2H3. The minimum atomic E-state index is -0.399. The first-order chi connectivity index (χ1) is 5.65. The third kappa shape index (κ3) is 1.50. The Hall–Kier alpha value is -1.64. The van der Waals surface area contributed by atoms with Crippen molar-refractivity contribution >= 4 is 11.8 Å². The first-order valence-corrected chi connectivity index (χ1v) is 3.52. The summed E-state index contributed by atoms with van der Waals surface area (Å²) in [6.07, 6.45) is 1.48. The van der Waals surface area contributed by atoms with Crippen molar-refractivity contribution in [3.8, 4) is 0 Å². The van der Waals surface area contributed by atoms with Gasteiger partial charge in [-0.1, -0.05) is 18.7 Å². The van der Waals surface area contributed by atoms with Gasteiger partial charge in [0.2, 0.25) is 0 Å². The molecule has 62 valence electrons. The van der Waals surface area contributed by atoms with Crippen molar-refractivity contribution in [2.24, 2.45) is 0 Å². The fourth-order valence-electron chi connectivity index (χ4n) is 0.984. The highest BCUT2D eigenvalue weighted by molar-refractivity contribution is 5.60. The predicted molar refractivity (Wildman–Crippen MR) is 47.9 cm³/mol. The molecule has 0 heterocycles. The molecule has 1 aromatic carbocycles. The monoisotopic (exact) mass is 163 g/mol. The van der Waals surface area contributed by atoms with E-state index in [0.717, 1.165) is 5.56 Å². The van der Waals surface area contributed by atoms with Gasteiger partial charge in [-0.05, 0) is 18.6 Å². The molecule has 0 unspecified atom stereocenters. The average molecular weight is 163 g/mol. The molecule has 0 atom stereocenters. The van der Waals surface area contributed by atoms with Crippen molar-refractivity contribution in [2.45, 2.75) is 6.92 Å². The second kappa shape index (κ2) is 3.17. The van der Waals surface area contributed by atoms with E-state index in [9.17, 15) is 10.1 Å². The summed E-state index contributed by atoms with van der Waals surface area (Å²) < 4.78 is 0. The zero-order chi connectivity index (χ0) is 9.14. The van der Waals surface area contributed by atoms with Crippen LogP contribution in [0.5, 0.6) is 0 Å². The Labute approximate surface area is 70.5 Å². The van der Waals surface area contributed by atoms with Crippen LogP contribution in [-0.2, 0) is 0 Å². The van der Waals surface area contributed by atoms with Crippen molar-refractivity contribution in [1.82, 2.24) is 0 Å². The largest absolute Gasteiger partial charge is 0.276 e. The fraction of sp³-hybridized carbons (Fsp3) is 0.111. The zero-order valence-corrected chi connectivity index (χ0v) is 6.78. The zero-order valence-electron chi connectivity index (χ0n) is 6.78. The molecule has 0 saturated carbocycles.